The van der Waals surface area contributed by atoms with Crippen molar-refractivity contribution >= 4 is 136 Å². The van der Waals surface area contributed by atoms with Gasteiger partial charge in [0, 0.05) is 76.1 Å². The summed E-state index contributed by atoms with van der Waals surface area (Å²) in [5, 5.41) is 34.1. The molecule has 0 spiro atoms. The zero-order chi connectivity index (χ0) is 106. The number of alkyl halides is 11. The normalized spacial score (nSPS) is 11.8. The molecule has 12 N–H and O–H groups in total. The van der Waals surface area contributed by atoms with Gasteiger partial charge in [-0.25, -0.2) is 52.0 Å². The maximum atomic E-state index is 14.6. The zero-order valence-electron chi connectivity index (χ0n) is 76.0. The number of phenolic OH excluding ortho intramolecular Hbond substituents is 1. The Hall–Kier alpha value is -12.5. The van der Waals surface area contributed by atoms with E-state index in [2.05, 4.69) is 50.7 Å². The second-order valence-corrected chi connectivity index (χ2v) is 35.3. The van der Waals surface area contributed by atoms with E-state index in [1.54, 1.807) is 27.7 Å². The average Bonchev–Trinajstić information content (AvgIpc) is 1.59. The summed E-state index contributed by atoms with van der Waals surface area (Å²) < 4.78 is 292. The number of nitrogens with two attached hydrogens (primary N) is 1. The topological polar surface area (TPSA) is 629 Å². The van der Waals surface area contributed by atoms with E-state index in [1.807, 2.05) is 6.92 Å². The van der Waals surface area contributed by atoms with Crippen molar-refractivity contribution in [2.45, 2.75) is 99.3 Å². The van der Waals surface area contributed by atoms with Gasteiger partial charge in [-0.15, -0.1) is 0 Å². The number of fused-ring (bicyclic) bond motifs is 2. The Morgan fingerprint density at radius 2 is 0.836 bits per heavy atom. The van der Waals surface area contributed by atoms with Crippen molar-refractivity contribution in [3.05, 3.63) is 182 Å². The van der Waals surface area contributed by atoms with Crippen molar-refractivity contribution in [3.8, 4) is 57.5 Å². The van der Waals surface area contributed by atoms with Crippen LogP contribution in [-0.4, -0.2) is 235 Å². The van der Waals surface area contributed by atoms with Crippen molar-refractivity contribution in [1.29, 1.82) is 0 Å². The van der Waals surface area contributed by atoms with Gasteiger partial charge in [-0.2, -0.15) is 43.9 Å². The predicted molar refractivity (Wildman–Crippen MR) is 472 cm³/mol. The fourth-order valence-electron chi connectivity index (χ4n) is 10.1. The van der Waals surface area contributed by atoms with Crippen LogP contribution >= 0.6 is 11.6 Å². The maximum absolute atomic E-state index is 14.6. The van der Waals surface area contributed by atoms with E-state index < -0.39 is 165 Å². The molecule has 0 saturated carbocycles. The Kier molecular flexibility index (Phi) is 61.9. The third kappa shape index (κ3) is 52.5. The molecule has 7 aromatic rings. The molecule has 0 radical (unpaired) electrons. The van der Waals surface area contributed by atoms with Crippen LogP contribution < -0.4 is 99.8 Å². The number of carboxylic acid groups (broad SMARTS) is 2. The maximum Gasteiger partial charge on any atom is 1.00 e. The van der Waals surface area contributed by atoms with Crippen LogP contribution in [0.15, 0.2) is 121 Å². The first-order valence-electron chi connectivity index (χ1n) is 37.8. The number of nitrogens with one attached hydrogen (secondary N) is 2. The van der Waals surface area contributed by atoms with Gasteiger partial charge < -0.3 is 95.5 Å². The predicted octanol–water partition coefficient (Wildman–Crippen LogP) is 8.14. The number of carbonyl (C=O) groups is 10. The van der Waals surface area contributed by atoms with Crippen LogP contribution in [-0.2, 0) is 72.8 Å². The van der Waals surface area contributed by atoms with Crippen LogP contribution in [0.3, 0.4) is 0 Å². The number of amides is 4. The first-order chi connectivity index (χ1) is 63.4. The van der Waals surface area contributed by atoms with Gasteiger partial charge >= 0.3 is 95.4 Å². The molecule has 0 bridgehead atoms. The SMILES string of the molecule is CC(=O)Nc1ccc(F)c2c1C(=O)OC2=O.CC(=O)O.CCOc1cc(C(CS(C)(=O)=O)N2C(=O)c3c(F)ccc(NC(C)=O)c3C2=O)ccc1OC(F)F.CCOc1cc(C(N)CS(C)(=O)=O)ccc1OC(F)F.CCOc1cc(C=CS(C)(=O)=O)ccc1OC(F)F.CCOc1cc(C=O)ccc1O.CCOc1cc(C=O)ccc1OC(F)F.CS(C)(=O)=O.N.O.O=BOO.O=C([O-])C(F)(F)Cl.[HH].[Na+]. The van der Waals surface area contributed by atoms with E-state index in [1.165, 1.54) is 104 Å². The minimum atomic E-state index is -4.22. The number of anilines is 2. The molecular formula is C81H96BClF12N5NaO35S4. The Labute approximate surface area is 821 Å². The second kappa shape index (κ2) is 64.7. The molecule has 140 heavy (non-hydrogen) atoms. The third-order valence-electron chi connectivity index (χ3n) is 14.7. The van der Waals surface area contributed by atoms with Gasteiger partial charge in [-0.05, 0) is 166 Å². The number of phenols is 1. The average molecular weight is 2130 g/mol. The van der Waals surface area contributed by atoms with Gasteiger partial charge in [-0.1, -0.05) is 18.2 Å². The Morgan fingerprint density at radius 1 is 0.529 bits per heavy atom. The summed E-state index contributed by atoms with van der Waals surface area (Å²) in [7, 11) is -13.1. The standard InChI is InChI=1S/C22H21F3N2O7S.C12H17F2NO4S.C12H14F2O4S.C10H10F2O3.C10H6FNO4.C9H10O3.C2HClF2O2.C2H6O2S.C2H4O2.BHO3.H3N.Na.H2O.H2/c1-4-33-17-9-12(5-8-16(17)34-22(24)25)15(10-35(3,31)32)27-20(29)18-13(23)6-7-14(26-11(2)28)19(18)21(27)30;1-3-18-11-6-8(9(15)7-20(2,16)17)4-5-10(11)19-12(13)14;1-3-17-11-8-9(6-7-19(2,15)16)4-5-10(11)18-12(13)14;1-2-14-9-5-7(6-13)3-4-8(9)15-10(11)12;1-4(13)12-6-3-2-5(11)7-8(6)10(15)16-9(7)14;1-2-12-9-5-7(6-10)3-4-8(9)11;3-2(4,5)1(6)7;1-5(2,3)4;1-2(3)4;2-1-4-3;;;;/h5-9,15,22H,4,10H2,1-3H3,(H,26,28);4-6,9,12H,3,7,15H2,1-2H3;4-8,12H,3H2,1-2H3;3-6,10H,2H2,1H3;2-3H,1H3,(H,12,13);3-6,11H,2H2,1H3;(H,6,7);1-2H3;1H3,(H,3,4);3H;1H3;;1H2;1H/q;;;;;;;;;;;+1;;/p-1. The van der Waals surface area contributed by atoms with Gasteiger partial charge in [0.2, 0.25) is 11.8 Å². The molecule has 2 heterocycles. The molecular weight excluding hydrogens is 2030 g/mol. The minimum absolute atomic E-state index is 0. The van der Waals surface area contributed by atoms with Crippen LogP contribution in [0.4, 0.5) is 64.1 Å². The van der Waals surface area contributed by atoms with Gasteiger partial charge in [0.1, 0.15) is 70.8 Å². The number of rotatable bonds is 33. The van der Waals surface area contributed by atoms with Crippen LogP contribution in [0.1, 0.15) is 148 Å². The first kappa shape index (κ1) is 134. The number of hydrogen-bond acceptors (Lipinski definition) is 35. The van der Waals surface area contributed by atoms with Gasteiger partial charge in [0.25, 0.3) is 17.8 Å². The summed E-state index contributed by atoms with van der Waals surface area (Å²) in [6.45, 7) is 1.30. The molecule has 0 aromatic heterocycles. The summed E-state index contributed by atoms with van der Waals surface area (Å²) in [4.78, 5) is 114. The van der Waals surface area contributed by atoms with Crippen molar-refractivity contribution in [2.24, 2.45) is 5.73 Å². The summed E-state index contributed by atoms with van der Waals surface area (Å²) >= 11 is 3.87. The molecule has 59 heteroatoms. The summed E-state index contributed by atoms with van der Waals surface area (Å²) in [6.07, 6.45) is 7.99. The number of halogens is 13. The number of hydrogen-bond donors (Lipinski definition) is 7. The van der Waals surface area contributed by atoms with Crippen LogP contribution in [0.25, 0.3) is 6.08 Å². The van der Waals surface area contributed by atoms with E-state index in [0.29, 0.717) is 58.7 Å². The number of esters is 2. The minimum Gasteiger partial charge on any atom is -0.543 e. The molecule has 2 aliphatic rings. The van der Waals surface area contributed by atoms with E-state index in [9.17, 15) is 130 Å². The fourth-order valence-corrected chi connectivity index (χ4v) is 12.2. The van der Waals surface area contributed by atoms with Crippen LogP contribution in [0, 0.1) is 11.6 Å². The quantitative estimate of drug-likeness (QED) is 0.00235. The number of cyclic esters (lactones) is 2. The van der Waals surface area contributed by atoms with Gasteiger partial charge in [-0.3, -0.25) is 38.5 Å². The summed E-state index contributed by atoms with van der Waals surface area (Å²) in [5.41, 5.74) is 5.87. The van der Waals surface area contributed by atoms with Gasteiger partial charge in [0.05, 0.1) is 73.1 Å². The number of carbonyl (C=O) groups excluding carboxylic acids is 9. The molecule has 0 aliphatic carbocycles. The molecule has 2 unspecified atom stereocenters. The monoisotopic (exact) mass is 2120 g/mol. The summed E-state index contributed by atoms with van der Waals surface area (Å²) in [5.74, 6) is -11.4. The van der Waals surface area contributed by atoms with Crippen LogP contribution in [0.2, 0.25) is 0 Å². The molecule has 0 saturated heterocycles. The Bertz CT molecular complexity index is 5830. The van der Waals surface area contributed by atoms with E-state index in [-0.39, 0.29) is 150 Å². The van der Waals surface area contributed by atoms with Gasteiger partial charge in [0.15, 0.2) is 67.3 Å². The molecule has 2 aliphatic heterocycles. The number of aldehydes is 2. The molecule has 774 valence electrons. The van der Waals surface area contributed by atoms with E-state index in [4.69, 9.17) is 59.2 Å². The summed E-state index contributed by atoms with van der Waals surface area (Å²) in [6, 6.07) is 22.3. The Morgan fingerprint density at radius 3 is 1.18 bits per heavy atom. The second-order valence-electron chi connectivity index (χ2n) is 26.3. The molecule has 4 amide bonds. The fraction of sp³-hybridized carbons (Fsp3) is 0.333. The molecule has 2 atom stereocenters. The molecule has 0 fully saturated rings. The number of aliphatic carboxylic acids is 2. The number of nitrogens with zero attached hydrogens (tertiary/aromatic N) is 1. The number of carboxylic acids is 2. The molecule has 7 aromatic carbocycles. The number of benzene rings is 7. The number of ether oxygens (including phenoxy) is 10. The van der Waals surface area contributed by atoms with Crippen LogP contribution in [0.5, 0.6) is 57.5 Å². The van der Waals surface area contributed by atoms with Crippen molar-refractivity contribution in [3.63, 3.8) is 0 Å². The van der Waals surface area contributed by atoms with E-state index >= 15 is 0 Å². The number of aromatic hydroxyl groups is 1. The number of imide groups is 1. The molecule has 9 rings (SSSR count). The third-order valence-corrected chi connectivity index (χ3v) is 17.4. The first-order valence-corrected chi connectivity index (χ1v) is 46.6. The van der Waals surface area contributed by atoms with Crippen molar-refractivity contribution < 1.29 is 248 Å². The Balaban J connectivity index is -0.000000515. The largest absolute Gasteiger partial charge is 1.00 e. The van der Waals surface area contributed by atoms with E-state index in [0.717, 1.165) is 74.8 Å². The zero-order valence-corrected chi connectivity index (χ0v) is 82.1. The number of sulfone groups is 4. The van der Waals surface area contributed by atoms with Crippen molar-refractivity contribution in [2.75, 3.05) is 86.5 Å². The molecule has 40 nitrogen and oxygen atoms in total. The van der Waals surface area contributed by atoms with Crippen molar-refractivity contribution in [1.82, 2.24) is 11.1 Å². The smallest absolute Gasteiger partial charge is 0.543 e.